The zero-order chi connectivity index (χ0) is 13.9. The van der Waals surface area contributed by atoms with Gasteiger partial charge in [-0.25, -0.2) is 0 Å². The molecule has 100 valence electrons. The van der Waals surface area contributed by atoms with Gasteiger partial charge in [0.2, 0.25) is 0 Å². The highest BCUT2D eigenvalue weighted by Crippen LogP contribution is 2.29. The Labute approximate surface area is 120 Å². The lowest BCUT2D eigenvalue weighted by atomic mass is 9.82. The first-order valence-corrected chi connectivity index (χ1v) is 7.08. The number of halogens is 1. The lowest BCUT2D eigenvalue weighted by Crippen LogP contribution is -2.48. The molecular formula is C14H15BrN2O2. The van der Waals surface area contributed by atoms with Crippen LogP contribution >= 0.6 is 15.9 Å². The summed E-state index contributed by atoms with van der Waals surface area (Å²) in [7, 11) is 0. The van der Waals surface area contributed by atoms with Gasteiger partial charge in [-0.3, -0.25) is 4.79 Å². The van der Waals surface area contributed by atoms with Gasteiger partial charge in [-0.05, 0) is 47.0 Å². The van der Waals surface area contributed by atoms with Crippen molar-refractivity contribution in [3.63, 3.8) is 0 Å². The molecule has 0 saturated heterocycles. The number of phenols is 1. The van der Waals surface area contributed by atoms with Crippen LogP contribution in [0.2, 0.25) is 0 Å². The highest BCUT2D eigenvalue weighted by molar-refractivity contribution is 9.10. The minimum atomic E-state index is -0.752. The van der Waals surface area contributed by atoms with E-state index in [1.54, 1.807) is 12.1 Å². The fourth-order valence-electron chi connectivity index (χ4n) is 2.36. The second-order valence-electron chi connectivity index (χ2n) is 4.87. The molecule has 1 amide bonds. The van der Waals surface area contributed by atoms with Gasteiger partial charge >= 0.3 is 0 Å². The maximum absolute atomic E-state index is 12.2. The van der Waals surface area contributed by atoms with E-state index >= 15 is 0 Å². The number of aromatic hydroxyl groups is 1. The molecule has 2 N–H and O–H groups in total. The minimum absolute atomic E-state index is 0.0160. The maximum Gasteiger partial charge on any atom is 0.252 e. The van der Waals surface area contributed by atoms with Crippen LogP contribution in [-0.4, -0.2) is 16.6 Å². The third kappa shape index (κ3) is 3.07. The van der Waals surface area contributed by atoms with E-state index in [1.165, 1.54) is 6.07 Å². The van der Waals surface area contributed by atoms with Crippen molar-refractivity contribution in [2.45, 2.75) is 37.6 Å². The molecule has 0 aromatic heterocycles. The van der Waals surface area contributed by atoms with Crippen LogP contribution in [0.15, 0.2) is 22.7 Å². The summed E-state index contributed by atoms with van der Waals surface area (Å²) in [5, 5.41) is 21.7. The Morgan fingerprint density at radius 2 is 2.05 bits per heavy atom. The normalized spacial score (nSPS) is 17.5. The van der Waals surface area contributed by atoms with Crippen LogP contribution in [0.4, 0.5) is 0 Å². The predicted octanol–water partition coefficient (Wildman–Crippen LogP) is 3.11. The van der Waals surface area contributed by atoms with Gasteiger partial charge in [-0.1, -0.05) is 19.3 Å². The monoisotopic (exact) mass is 322 g/mol. The summed E-state index contributed by atoms with van der Waals surface area (Å²) < 4.78 is 0.539. The van der Waals surface area contributed by atoms with Gasteiger partial charge in [-0.15, -0.1) is 0 Å². The van der Waals surface area contributed by atoms with Crippen LogP contribution < -0.4 is 5.32 Å². The Bertz CT molecular complexity index is 531. The number of amides is 1. The number of hydrogen-bond donors (Lipinski definition) is 2. The number of rotatable bonds is 2. The maximum atomic E-state index is 12.2. The molecule has 0 atom stereocenters. The zero-order valence-electron chi connectivity index (χ0n) is 10.4. The fraction of sp³-hybridized carbons (Fsp3) is 0.429. The van der Waals surface area contributed by atoms with Gasteiger partial charge in [0.1, 0.15) is 11.3 Å². The Kier molecular flexibility index (Phi) is 4.11. The van der Waals surface area contributed by atoms with E-state index in [0.29, 0.717) is 22.9 Å². The molecule has 1 aromatic carbocycles. The number of carbonyl (C=O) groups is 1. The van der Waals surface area contributed by atoms with E-state index in [0.717, 1.165) is 19.3 Å². The zero-order valence-corrected chi connectivity index (χ0v) is 12.0. The molecule has 0 unspecified atom stereocenters. The molecule has 0 bridgehead atoms. The van der Waals surface area contributed by atoms with Crippen molar-refractivity contribution >= 4 is 21.8 Å². The van der Waals surface area contributed by atoms with Crippen LogP contribution in [0.5, 0.6) is 5.75 Å². The molecule has 0 aliphatic heterocycles. The highest BCUT2D eigenvalue weighted by atomic mass is 79.9. The Balaban J connectivity index is 2.15. The first kappa shape index (κ1) is 13.9. The van der Waals surface area contributed by atoms with E-state index < -0.39 is 5.54 Å². The van der Waals surface area contributed by atoms with Crippen molar-refractivity contribution in [2.75, 3.05) is 0 Å². The molecule has 19 heavy (non-hydrogen) atoms. The molecule has 1 aromatic rings. The van der Waals surface area contributed by atoms with Crippen molar-refractivity contribution in [2.24, 2.45) is 0 Å². The molecule has 2 rings (SSSR count). The third-order valence-electron chi connectivity index (χ3n) is 3.48. The van der Waals surface area contributed by atoms with Gasteiger partial charge in [0, 0.05) is 5.56 Å². The first-order valence-electron chi connectivity index (χ1n) is 6.29. The molecule has 0 spiro atoms. The van der Waals surface area contributed by atoms with E-state index in [4.69, 9.17) is 0 Å². The van der Waals surface area contributed by atoms with Crippen LogP contribution in [0.25, 0.3) is 0 Å². The van der Waals surface area contributed by atoms with Gasteiger partial charge in [0.25, 0.3) is 5.91 Å². The lowest BCUT2D eigenvalue weighted by Gasteiger charge is -2.31. The number of nitrogens with one attached hydrogen (secondary N) is 1. The molecule has 0 heterocycles. The minimum Gasteiger partial charge on any atom is -0.507 e. The van der Waals surface area contributed by atoms with Crippen LogP contribution in [0.3, 0.4) is 0 Å². The average molecular weight is 323 g/mol. The second-order valence-corrected chi connectivity index (χ2v) is 5.73. The summed E-state index contributed by atoms with van der Waals surface area (Å²) in [6.45, 7) is 0. The SMILES string of the molecule is N#CC1(NC(=O)c2ccc(Br)c(O)c2)CCCCC1. The molecule has 0 radical (unpaired) electrons. The quantitative estimate of drug-likeness (QED) is 0.878. The largest absolute Gasteiger partial charge is 0.507 e. The number of carbonyl (C=O) groups excluding carboxylic acids is 1. The Morgan fingerprint density at radius 1 is 1.37 bits per heavy atom. The summed E-state index contributed by atoms with van der Waals surface area (Å²) in [4.78, 5) is 12.2. The summed E-state index contributed by atoms with van der Waals surface area (Å²) in [5.41, 5.74) is -0.390. The molecule has 1 aliphatic carbocycles. The summed E-state index contributed by atoms with van der Waals surface area (Å²) in [5.74, 6) is -0.298. The Morgan fingerprint density at radius 3 is 2.63 bits per heavy atom. The molecule has 5 heteroatoms. The van der Waals surface area contributed by atoms with Crippen molar-refractivity contribution in [3.05, 3.63) is 28.2 Å². The standard InChI is InChI=1S/C14H15BrN2O2/c15-11-5-4-10(8-12(11)18)13(19)17-14(9-16)6-2-1-3-7-14/h4-5,8,18H,1-3,6-7H2,(H,17,19). The van der Waals surface area contributed by atoms with Crippen molar-refractivity contribution in [3.8, 4) is 11.8 Å². The van der Waals surface area contributed by atoms with E-state index in [2.05, 4.69) is 27.3 Å². The Hall–Kier alpha value is -1.54. The number of benzene rings is 1. The van der Waals surface area contributed by atoms with Crippen molar-refractivity contribution in [1.82, 2.24) is 5.32 Å². The molecule has 1 aliphatic rings. The fourth-order valence-corrected chi connectivity index (χ4v) is 2.61. The molecule has 1 saturated carbocycles. The number of nitrogens with zero attached hydrogens (tertiary/aromatic N) is 1. The van der Waals surface area contributed by atoms with Crippen molar-refractivity contribution in [1.29, 1.82) is 5.26 Å². The molecule has 4 nitrogen and oxygen atoms in total. The smallest absolute Gasteiger partial charge is 0.252 e. The van der Waals surface area contributed by atoms with Gasteiger partial charge in [0.15, 0.2) is 0 Å². The topological polar surface area (TPSA) is 73.1 Å². The number of phenolic OH excluding ortho intramolecular Hbond substituents is 1. The van der Waals surface area contributed by atoms with E-state index in [-0.39, 0.29) is 11.7 Å². The van der Waals surface area contributed by atoms with Crippen LogP contribution in [0, 0.1) is 11.3 Å². The molecule has 1 fully saturated rings. The van der Waals surface area contributed by atoms with Crippen LogP contribution in [-0.2, 0) is 0 Å². The van der Waals surface area contributed by atoms with Gasteiger partial charge in [-0.2, -0.15) is 5.26 Å². The van der Waals surface area contributed by atoms with Gasteiger partial charge < -0.3 is 10.4 Å². The predicted molar refractivity (Wildman–Crippen MR) is 74.7 cm³/mol. The lowest BCUT2D eigenvalue weighted by molar-refractivity contribution is 0.0902. The molecular weight excluding hydrogens is 308 g/mol. The first-order chi connectivity index (χ1) is 9.06. The van der Waals surface area contributed by atoms with Gasteiger partial charge in [0.05, 0.1) is 10.5 Å². The van der Waals surface area contributed by atoms with E-state index in [9.17, 15) is 15.2 Å². The summed E-state index contributed by atoms with van der Waals surface area (Å²) >= 11 is 3.17. The average Bonchev–Trinajstić information content (AvgIpc) is 2.43. The summed E-state index contributed by atoms with van der Waals surface area (Å²) in [6, 6.07) is 6.87. The summed E-state index contributed by atoms with van der Waals surface area (Å²) in [6.07, 6.45) is 4.41. The highest BCUT2D eigenvalue weighted by Gasteiger charge is 2.33. The third-order valence-corrected chi connectivity index (χ3v) is 4.15. The van der Waals surface area contributed by atoms with Crippen LogP contribution in [0.1, 0.15) is 42.5 Å². The second kappa shape index (κ2) is 5.62. The van der Waals surface area contributed by atoms with Crippen molar-refractivity contribution < 1.29 is 9.90 Å². The number of nitriles is 1. The van der Waals surface area contributed by atoms with E-state index in [1.807, 2.05) is 0 Å². The number of hydrogen-bond acceptors (Lipinski definition) is 3.